The summed E-state index contributed by atoms with van der Waals surface area (Å²) in [5.41, 5.74) is 2.06. The number of sulfonamides is 2. The highest BCUT2D eigenvalue weighted by atomic mass is 35.5. The predicted octanol–water partition coefficient (Wildman–Crippen LogP) is 4.64. The monoisotopic (exact) mass is 565 g/mol. The zero-order valence-electron chi connectivity index (χ0n) is 20.6. The Bertz CT molecular complexity index is 1460. The van der Waals surface area contributed by atoms with Crippen LogP contribution in [0.5, 0.6) is 5.75 Å². The summed E-state index contributed by atoms with van der Waals surface area (Å²) in [4.78, 5) is 12.4. The highest BCUT2D eigenvalue weighted by Crippen LogP contribution is 2.28. The summed E-state index contributed by atoms with van der Waals surface area (Å²) in [5.74, 6) is 0.0614. The lowest BCUT2D eigenvalue weighted by molar-refractivity contribution is -0.116. The number of benzene rings is 3. The molecule has 0 spiro atoms. The van der Waals surface area contributed by atoms with Gasteiger partial charge in [0.1, 0.15) is 5.75 Å². The third-order valence-corrected chi connectivity index (χ3v) is 8.16. The number of aryl methyl sites for hydroxylation is 1. The maximum Gasteiger partial charge on any atom is 0.262 e. The number of nitrogens with one attached hydrogen (secondary N) is 2. The van der Waals surface area contributed by atoms with E-state index in [1.807, 2.05) is 13.0 Å². The van der Waals surface area contributed by atoms with Crippen molar-refractivity contribution < 1.29 is 26.4 Å². The molecular formula is C25H28ClN3O6S2. The first-order chi connectivity index (χ1) is 17.4. The Balaban J connectivity index is 1.59. The van der Waals surface area contributed by atoms with Crippen molar-refractivity contribution in [3.8, 4) is 5.75 Å². The van der Waals surface area contributed by atoms with E-state index < -0.39 is 20.0 Å². The molecule has 0 aliphatic rings. The minimum Gasteiger partial charge on any atom is -0.495 e. The van der Waals surface area contributed by atoms with E-state index in [0.717, 1.165) is 11.8 Å². The van der Waals surface area contributed by atoms with Crippen molar-refractivity contribution in [3.05, 3.63) is 77.3 Å². The largest absolute Gasteiger partial charge is 0.495 e. The molecule has 9 nitrogen and oxygen atoms in total. The van der Waals surface area contributed by atoms with Gasteiger partial charge in [-0.15, -0.1) is 0 Å². The van der Waals surface area contributed by atoms with Crippen molar-refractivity contribution in [2.45, 2.75) is 24.7 Å². The number of hydrogen-bond acceptors (Lipinski definition) is 6. The molecule has 1 amide bonds. The third kappa shape index (κ3) is 7.85. The van der Waals surface area contributed by atoms with Gasteiger partial charge >= 0.3 is 0 Å². The zero-order chi connectivity index (χ0) is 27.2. The molecule has 0 aliphatic heterocycles. The van der Waals surface area contributed by atoms with Crippen LogP contribution in [0.1, 0.15) is 18.4 Å². The van der Waals surface area contributed by atoms with Crippen LogP contribution in [0.15, 0.2) is 71.6 Å². The predicted molar refractivity (Wildman–Crippen MR) is 146 cm³/mol. The van der Waals surface area contributed by atoms with Crippen LogP contribution in [-0.4, -0.2) is 42.7 Å². The van der Waals surface area contributed by atoms with Gasteiger partial charge < -0.3 is 10.1 Å². The van der Waals surface area contributed by atoms with Gasteiger partial charge in [-0.05, 0) is 79.6 Å². The van der Waals surface area contributed by atoms with E-state index in [9.17, 15) is 21.6 Å². The van der Waals surface area contributed by atoms with Crippen LogP contribution in [0.3, 0.4) is 0 Å². The maximum atomic E-state index is 12.8. The van der Waals surface area contributed by atoms with Gasteiger partial charge in [0.15, 0.2) is 0 Å². The fourth-order valence-electron chi connectivity index (χ4n) is 3.52. The Morgan fingerprint density at radius 1 is 0.973 bits per heavy atom. The first-order valence-electron chi connectivity index (χ1n) is 11.2. The topological polar surface area (TPSA) is 122 Å². The van der Waals surface area contributed by atoms with Crippen molar-refractivity contribution in [1.82, 2.24) is 0 Å². The standard InChI is InChI=1S/C25H28ClN3O6S2/c1-18-6-15-24(35-2)23(17-18)28-37(33,34)22-13-9-20(10-14-22)27-25(30)5-4-16-29(36(3,31)32)21-11-7-19(26)8-12-21/h6-15,17,28H,4-5,16H2,1-3H3,(H,27,30). The van der Waals surface area contributed by atoms with Crippen LogP contribution in [0.25, 0.3) is 0 Å². The highest BCUT2D eigenvalue weighted by molar-refractivity contribution is 7.92. The summed E-state index contributed by atoms with van der Waals surface area (Å²) in [6.07, 6.45) is 1.44. The summed E-state index contributed by atoms with van der Waals surface area (Å²) in [5, 5.41) is 3.18. The fourth-order valence-corrected chi connectivity index (χ4v) is 5.68. The number of halogens is 1. The average molecular weight is 566 g/mol. The van der Waals surface area contributed by atoms with Gasteiger partial charge in [0.05, 0.1) is 29.6 Å². The number of methoxy groups -OCH3 is 1. The van der Waals surface area contributed by atoms with Gasteiger partial charge in [0.25, 0.3) is 10.0 Å². The Labute approximate surface area is 222 Å². The lowest BCUT2D eigenvalue weighted by Crippen LogP contribution is -2.31. The molecule has 12 heteroatoms. The van der Waals surface area contributed by atoms with Gasteiger partial charge in [0, 0.05) is 23.7 Å². The molecule has 0 heterocycles. The quantitative estimate of drug-likeness (QED) is 0.349. The summed E-state index contributed by atoms with van der Waals surface area (Å²) >= 11 is 5.88. The molecule has 198 valence electrons. The smallest absolute Gasteiger partial charge is 0.262 e. The minimum atomic E-state index is -3.89. The van der Waals surface area contributed by atoms with Crippen LogP contribution in [0, 0.1) is 6.92 Å². The SMILES string of the molecule is COc1ccc(C)cc1NS(=O)(=O)c1ccc(NC(=O)CCCN(c2ccc(Cl)cc2)S(C)(=O)=O)cc1. The van der Waals surface area contributed by atoms with E-state index >= 15 is 0 Å². The molecule has 0 aliphatic carbocycles. The molecule has 0 fully saturated rings. The number of carbonyl (C=O) groups is 1. The van der Waals surface area contributed by atoms with Gasteiger partial charge in [-0.3, -0.25) is 13.8 Å². The highest BCUT2D eigenvalue weighted by Gasteiger charge is 2.19. The lowest BCUT2D eigenvalue weighted by atomic mass is 10.2. The van der Waals surface area contributed by atoms with Crippen molar-refractivity contribution in [2.24, 2.45) is 0 Å². The first kappa shape index (κ1) is 28.3. The second kappa shape index (κ2) is 11.8. The molecule has 3 aromatic carbocycles. The van der Waals surface area contributed by atoms with Gasteiger partial charge in [-0.25, -0.2) is 16.8 Å². The fraction of sp³-hybridized carbons (Fsp3) is 0.240. The van der Waals surface area contributed by atoms with Crippen molar-refractivity contribution in [3.63, 3.8) is 0 Å². The molecule has 3 aromatic rings. The van der Waals surface area contributed by atoms with E-state index in [1.54, 1.807) is 36.4 Å². The number of rotatable bonds is 11. The van der Waals surface area contributed by atoms with E-state index in [1.165, 1.54) is 35.7 Å². The number of anilines is 3. The molecule has 0 unspecified atom stereocenters. The molecular weight excluding hydrogens is 538 g/mol. The summed E-state index contributed by atoms with van der Waals surface area (Å²) in [6.45, 7) is 1.95. The van der Waals surface area contributed by atoms with Crippen molar-refractivity contribution in [1.29, 1.82) is 0 Å². The zero-order valence-corrected chi connectivity index (χ0v) is 23.0. The summed E-state index contributed by atoms with van der Waals surface area (Å²) in [7, 11) is -5.98. The summed E-state index contributed by atoms with van der Waals surface area (Å²) < 4.78 is 59.0. The van der Waals surface area contributed by atoms with Crippen molar-refractivity contribution in [2.75, 3.05) is 34.3 Å². The van der Waals surface area contributed by atoms with Crippen LogP contribution in [-0.2, 0) is 24.8 Å². The minimum absolute atomic E-state index is 0.0146. The molecule has 0 saturated heterocycles. The Kier molecular flexibility index (Phi) is 9.06. The number of amides is 1. The molecule has 0 aromatic heterocycles. The number of hydrogen-bond donors (Lipinski definition) is 2. The lowest BCUT2D eigenvalue weighted by Gasteiger charge is -2.22. The molecule has 37 heavy (non-hydrogen) atoms. The second-order valence-electron chi connectivity index (χ2n) is 8.30. The molecule has 0 saturated carbocycles. The van der Waals surface area contributed by atoms with E-state index in [-0.39, 0.29) is 30.2 Å². The molecule has 2 N–H and O–H groups in total. The van der Waals surface area contributed by atoms with Crippen molar-refractivity contribution >= 4 is 54.6 Å². The Morgan fingerprint density at radius 2 is 1.62 bits per heavy atom. The second-order valence-corrected chi connectivity index (χ2v) is 12.3. The molecule has 0 radical (unpaired) electrons. The number of nitrogens with zero attached hydrogens (tertiary/aromatic N) is 1. The third-order valence-electron chi connectivity index (χ3n) is 5.33. The molecule has 0 bridgehead atoms. The van der Waals surface area contributed by atoms with E-state index in [4.69, 9.17) is 16.3 Å². The maximum absolute atomic E-state index is 12.8. The van der Waals surface area contributed by atoms with E-state index in [0.29, 0.717) is 27.8 Å². The van der Waals surface area contributed by atoms with Gasteiger partial charge in [-0.2, -0.15) is 0 Å². The Morgan fingerprint density at radius 3 is 2.22 bits per heavy atom. The van der Waals surface area contributed by atoms with Crippen LogP contribution in [0.2, 0.25) is 5.02 Å². The van der Waals surface area contributed by atoms with Gasteiger partial charge in [-0.1, -0.05) is 17.7 Å². The van der Waals surface area contributed by atoms with Gasteiger partial charge in [0.2, 0.25) is 15.9 Å². The number of ether oxygens (including phenoxy) is 1. The normalized spacial score (nSPS) is 11.6. The van der Waals surface area contributed by atoms with Crippen LogP contribution < -0.4 is 19.1 Å². The number of carbonyl (C=O) groups excluding carboxylic acids is 1. The van der Waals surface area contributed by atoms with E-state index in [2.05, 4.69) is 10.0 Å². The average Bonchev–Trinajstić information content (AvgIpc) is 2.82. The molecule has 0 atom stereocenters. The summed E-state index contributed by atoms with van der Waals surface area (Å²) in [6, 6.07) is 17.3. The first-order valence-corrected chi connectivity index (χ1v) is 14.9. The Hall–Kier alpha value is -3.28. The van der Waals surface area contributed by atoms with Crippen LogP contribution in [0.4, 0.5) is 17.1 Å². The van der Waals surface area contributed by atoms with Crippen LogP contribution >= 0.6 is 11.6 Å². The molecule has 3 rings (SSSR count).